The summed E-state index contributed by atoms with van der Waals surface area (Å²) in [6.45, 7) is 0.443. The molecule has 5 heteroatoms. The molecule has 16 heavy (non-hydrogen) atoms. The Balaban J connectivity index is 2.32. The van der Waals surface area contributed by atoms with E-state index in [-0.39, 0.29) is 0 Å². The summed E-state index contributed by atoms with van der Waals surface area (Å²) in [6.07, 6.45) is 7.27. The molecule has 0 aliphatic heterocycles. The predicted molar refractivity (Wildman–Crippen MR) is 60.2 cm³/mol. The molecule has 0 bridgehead atoms. The molecule has 0 spiro atoms. The van der Waals surface area contributed by atoms with Crippen LogP contribution in [0.3, 0.4) is 0 Å². The van der Waals surface area contributed by atoms with Crippen molar-refractivity contribution in [3.8, 4) is 5.82 Å². The van der Waals surface area contributed by atoms with Crippen molar-refractivity contribution in [3.05, 3.63) is 48.8 Å². The number of hydrogen-bond acceptors (Lipinski definition) is 3. The minimum absolute atomic E-state index is 0.443. The molecule has 3 aromatic rings. The molecule has 0 fully saturated rings. The molecule has 3 heterocycles. The van der Waals surface area contributed by atoms with Crippen LogP contribution < -0.4 is 5.73 Å². The number of hydrogen-bond donors (Lipinski definition) is 1. The summed E-state index contributed by atoms with van der Waals surface area (Å²) in [5.41, 5.74) is 7.65. The first kappa shape index (κ1) is 9.11. The number of rotatable bonds is 2. The Bertz CT molecular complexity index is 608. The topological polar surface area (TPSA) is 61.1 Å². The first-order chi connectivity index (χ1) is 7.90. The third kappa shape index (κ3) is 1.22. The van der Waals surface area contributed by atoms with E-state index in [4.69, 9.17) is 5.73 Å². The Kier molecular flexibility index (Phi) is 1.97. The maximum absolute atomic E-state index is 5.77. The van der Waals surface area contributed by atoms with E-state index in [0.717, 1.165) is 17.2 Å². The van der Waals surface area contributed by atoms with E-state index < -0.39 is 0 Å². The third-order valence-corrected chi connectivity index (χ3v) is 2.55. The van der Waals surface area contributed by atoms with Gasteiger partial charge in [0.2, 0.25) is 0 Å². The molecule has 0 amide bonds. The second kappa shape index (κ2) is 3.46. The minimum Gasteiger partial charge on any atom is -0.325 e. The summed E-state index contributed by atoms with van der Waals surface area (Å²) >= 11 is 0. The Hall–Kier alpha value is -2.14. The molecule has 0 aliphatic rings. The zero-order valence-corrected chi connectivity index (χ0v) is 8.61. The first-order valence-electron chi connectivity index (χ1n) is 5.04. The summed E-state index contributed by atoms with van der Waals surface area (Å²) in [4.78, 5) is 8.55. The predicted octanol–water partition coefficient (Wildman–Crippen LogP) is 0.979. The largest absolute Gasteiger partial charge is 0.325 e. The molecule has 2 N–H and O–H groups in total. The number of aromatic nitrogens is 4. The quantitative estimate of drug-likeness (QED) is 0.690. The van der Waals surface area contributed by atoms with Crippen LogP contribution >= 0.6 is 0 Å². The van der Waals surface area contributed by atoms with Crippen LogP contribution in [0.5, 0.6) is 0 Å². The molecule has 80 valence electrons. The van der Waals surface area contributed by atoms with Gasteiger partial charge in [-0.05, 0) is 12.1 Å². The molecule has 0 saturated heterocycles. The van der Waals surface area contributed by atoms with Crippen molar-refractivity contribution in [2.75, 3.05) is 0 Å². The third-order valence-electron chi connectivity index (χ3n) is 2.55. The number of nitrogens with zero attached hydrogens (tertiary/aromatic N) is 4. The fourth-order valence-corrected chi connectivity index (χ4v) is 1.81. The van der Waals surface area contributed by atoms with Gasteiger partial charge in [0.05, 0.1) is 5.69 Å². The van der Waals surface area contributed by atoms with E-state index in [1.165, 1.54) is 0 Å². The van der Waals surface area contributed by atoms with Gasteiger partial charge < -0.3 is 10.1 Å². The summed E-state index contributed by atoms with van der Waals surface area (Å²) < 4.78 is 3.87. The lowest BCUT2D eigenvalue weighted by molar-refractivity contribution is 0.912. The average molecular weight is 213 g/mol. The molecule has 3 rings (SSSR count). The average Bonchev–Trinajstić information content (AvgIpc) is 2.95. The highest BCUT2D eigenvalue weighted by atomic mass is 15.2. The van der Waals surface area contributed by atoms with Crippen LogP contribution in [-0.2, 0) is 6.54 Å². The van der Waals surface area contributed by atoms with Crippen LogP contribution in [0.15, 0.2) is 43.1 Å². The smallest absolute Gasteiger partial charge is 0.161 e. The second-order valence-corrected chi connectivity index (χ2v) is 3.49. The highest BCUT2D eigenvalue weighted by Gasteiger charge is 2.11. The van der Waals surface area contributed by atoms with Crippen LogP contribution in [0.4, 0.5) is 0 Å². The van der Waals surface area contributed by atoms with Gasteiger partial charge in [-0.25, -0.2) is 9.97 Å². The summed E-state index contributed by atoms with van der Waals surface area (Å²) in [5, 5.41) is 0. The SMILES string of the molecule is NCc1c(-n2ccnc2)nc2ccccn12. The molecule has 0 aliphatic carbocycles. The normalized spacial score (nSPS) is 11.1. The highest BCUT2D eigenvalue weighted by Crippen LogP contribution is 2.15. The van der Waals surface area contributed by atoms with E-state index in [1.54, 1.807) is 12.5 Å². The number of nitrogens with two attached hydrogens (primary N) is 1. The maximum atomic E-state index is 5.77. The van der Waals surface area contributed by atoms with Crippen LogP contribution in [0, 0.1) is 0 Å². The van der Waals surface area contributed by atoms with Gasteiger partial charge in [-0.1, -0.05) is 6.07 Å². The molecular weight excluding hydrogens is 202 g/mol. The van der Waals surface area contributed by atoms with Crippen molar-refractivity contribution in [1.29, 1.82) is 0 Å². The van der Waals surface area contributed by atoms with Crippen molar-refractivity contribution < 1.29 is 0 Å². The van der Waals surface area contributed by atoms with E-state index >= 15 is 0 Å². The Labute approximate surface area is 92.2 Å². The van der Waals surface area contributed by atoms with Gasteiger partial charge >= 0.3 is 0 Å². The molecule has 3 aromatic heterocycles. The van der Waals surface area contributed by atoms with Crippen molar-refractivity contribution >= 4 is 5.65 Å². The fourth-order valence-electron chi connectivity index (χ4n) is 1.81. The Morgan fingerprint density at radius 3 is 2.94 bits per heavy atom. The molecule has 0 unspecified atom stereocenters. The standard InChI is InChI=1S/C11H11N5/c12-7-9-11(15-6-4-13-8-15)14-10-3-1-2-5-16(9)10/h1-6,8H,7,12H2. The van der Waals surface area contributed by atoms with E-state index in [1.807, 2.05) is 39.6 Å². The van der Waals surface area contributed by atoms with Gasteiger partial charge in [0.15, 0.2) is 5.82 Å². The van der Waals surface area contributed by atoms with Gasteiger partial charge in [0.25, 0.3) is 0 Å². The van der Waals surface area contributed by atoms with Crippen LogP contribution in [0.1, 0.15) is 5.69 Å². The summed E-state index contributed by atoms with van der Waals surface area (Å²) in [7, 11) is 0. The Morgan fingerprint density at radius 2 is 2.19 bits per heavy atom. The molecule has 5 nitrogen and oxygen atoms in total. The molecule has 0 radical (unpaired) electrons. The first-order valence-corrected chi connectivity index (χ1v) is 5.04. The molecule has 0 aromatic carbocycles. The van der Waals surface area contributed by atoms with Crippen LogP contribution in [-0.4, -0.2) is 18.9 Å². The van der Waals surface area contributed by atoms with Crippen LogP contribution in [0.2, 0.25) is 0 Å². The number of fused-ring (bicyclic) bond motifs is 1. The van der Waals surface area contributed by atoms with Gasteiger partial charge in [0.1, 0.15) is 12.0 Å². The molecule has 0 atom stereocenters. The fraction of sp³-hybridized carbons (Fsp3) is 0.0909. The lowest BCUT2D eigenvalue weighted by atomic mass is 10.4. The van der Waals surface area contributed by atoms with E-state index in [2.05, 4.69) is 9.97 Å². The monoisotopic (exact) mass is 213 g/mol. The zero-order chi connectivity index (χ0) is 11.0. The Morgan fingerprint density at radius 1 is 1.25 bits per heavy atom. The van der Waals surface area contributed by atoms with Gasteiger partial charge in [0, 0.05) is 25.1 Å². The second-order valence-electron chi connectivity index (χ2n) is 3.49. The van der Waals surface area contributed by atoms with E-state index in [0.29, 0.717) is 6.54 Å². The molecular formula is C11H11N5. The summed E-state index contributed by atoms with van der Waals surface area (Å²) in [6, 6.07) is 5.88. The minimum atomic E-state index is 0.443. The van der Waals surface area contributed by atoms with Gasteiger partial charge in [-0.2, -0.15) is 0 Å². The maximum Gasteiger partial charge on any atom is 0.161 e. The van der Waals surface area contributed by atoms with Crippen molar-refractivity contribution in [1.82, 2.24) is 18.9 Å². The number of imidazole rings is 2. The zero-order valence-electron chi connectivity index (χ0n) is 8.61. The lowest BCUT2D eigenvalue weighted by Gasteiger charge is -2.01. The van der Waals surface area contributed by atoms with Crippen molar-refractivity contribution in [3.63, 3.8) is 0 Å². The van der Waals surface area contributed by atoms with Crippen molar-refractivity contribution in [2.45, 2.75) is 6.54 Å². The molecule has 0 saturated carbocycles. The van der Waals surface area contributed by atoms with E-state index in [9.17, 15) is 0 Å². The van der Waals surface area contributed by atoms with Crippen molar-refractivity contribution in [2.24, 2.45) is 5.73 Å². The highest BCUT2D eigenvalue weighted by molar-refractivity contribution is 5.48. The summed E-state index contributed by atoms with van der Waals surface area (Å²) in [5.74, 6) is 0.839. The van der Waals surface area contributed by atoms with Crippen LogP contribution in [0.25, 0.3) is 11.5 Å². The lowest BCUT2D eigenvalue weighted by Crippen LogP contribution is -2.05. The van der Waals surface area contributed by atoms with Gasteiger partial charge in [-0.15, -0.1) is 0 Å². The van der Waals surface area contributed by atoms with Gasteiger partial charge in [-0.3, -0.25) is 4.57 Å². The number of pyridine rings is 1.